The number of carbonyl (C=O) groups excluding carboxylic acids is 1. The summed E-state index contributed by atoms with van der Waals surface area (Å²) in [5, 5.41) is 6.82. The Balaban J connectivity index is 1.48. The number of ether oxygens (including phenoxy) is 2. The largest absolute Gasteiger partial charge is 0.497 e. The summed E-state index contributed by atoms with van der Waals surface area (Å²) in [5.41, 5.74) is 0.976. The number of hydrogen-bond acceptors (Lipinski definition) is 7. The number of aryl methyl sites for hydroxylation is 1. The quantitative estimate of drug-likeness (QED) is 0.438. The molecule has 1 amide bonds. The van der Waals surface area contributed by atoms with Crippen LogP contribution in [-0.2, 0) is 17.9 Å². The third kappa shape index (κ3) is 4.69. The fourth-order valence-corrected chi connectivity index (χ4v) is 3.40. The van der Waals surface area contributed by atoms with Gasteiger partial charge in [0.1, 0.15) is 34.7 Å². The average molecular weight is 452 g/mol. The summed E-state index contributed by atoms with van der Waals surface area (Å²) >= 11 is 0. The molecule has 1 N–H and O–H groups in total. The van der Waals surface area contributed by atoms with Crippen molar-refractivity contribution in [2.75, 3.05) is 14.2 Å². The van der Waals surface area contributed by atoms with Crippen molar-refractivity contribution in [2.45, 2.75) is 19.5 Å². The molecule has 2 heterocycles. The second-order valence-electron chi connectivity index (χ2n) is 7.17. The average Bonchev–Trinajstić information content (AvgIpc) is 3.27. The molecule has 0 unspecified atom stereocenters. The number of aromatic nitrogens is 3. The molecular weight excluding hydrogens is 431 g/mol. The molecule has 0 atom stereocenters. The molecule has 0 aliphatic carbocycles. The lowest BCUT2D eigenvalue weighted by atomic mass is 10.1. The second kappa shape index (κ2) is 9.51. The van der Waals surface area contributed by atoms with Gasteiger partial charge in [-0.25, -0.2) is 9.37 Å². The molecule has 33 heavy (non-hydrogen) atoms. The van der Waals surface area contributed by atoms with Crippen LogP contribution in [0.25, 0.3) is 22.4 Å². The van der Waals surface area contributed by atoms with Crippen molar-refractivity contribution in [3.05, 3.63) is 70.5 Å². The Morgan fingerprint density at radius 1 is 1.18 bits per heavy atom. The van der Waals surface area contributed by atoms with E-state index in [1.807, 2.05) is 0 Å². The lowest BCUT2D eigenvalue weighted by Gasteiger charge is -2.12. The summed E-state index contributed by atoms with van der Waals surface area (Å²) in [6, 6.07) is 11.0. The maximum atomic E-state index is 13.6. The van der Waals surface area contributed by atoms with Crippen molar-refractivity contribution in [1.29, 1.82) is 0 Å². The fourth-order valence-electron chi connectivity index (χ4n) is 3.40. The molecular formula is C23H21FN4O5. The maximum absolute atomic E-state index is 13.6. The van der Waals surface area contributed by atoms with E-state index >= 15 is 0 Å². The van der Waals surface area contributed by atoms with Gasteiger partial charge in [-0.1, -0.05) is 17.3 Å². The van der Waals surface area contributed by atoms with Crippen molar-refractivity contribution in [3.63, 3.8) is 0 Å². The highest BCUT2D eigenvalue weighted by molar-refractivity contribution is 5.88. The lowest BCUT2D eigenvalue weighted by Crippen LogP contribution is -2.27. The van der Waals surface area contributed by atoms with Gasteiger partial charge in [0, 0.05) is 30.6 Å². The Bertz CT molecular complexity index is 1360. The molecule has 0 saturated heterocycles. The summed E-state index contributed by atoms with van der Waals surface area (Å²) in [5.74, 6) is 0.549. The van der Waals surface area contributed by atoms with Crippen LogP contribution in [-0.4, -0.2) is 34.8 Å². The molecule has 9 nitrogen and oxygen atoms in total. The first-order valence-electron chi connectivity index (χ1n) is 10.1. The monoisotopic (exact) mass is 452 g/mol. The summed E-state index contributed by atoms with van der Waals surface area (Å²) in [6.45, 7) is 0.331. The van der Waals surface area contributed by atoms with Gasteiger partial charge in [-0.05, 0) is 30.3 Å². The minimum atomic E-state index is -0.461. The number of methoxy groups -OCH3 is 2. The van der Waals surface area contributed by atoms with Crippen LogP contribution in [0.5, 0.6) is 11.5 Å². The van der Waals surface area contributed by atoms with Gasteiger partial charge < -0.3 is 19.3 Å². The van der Waals surface area contributed by atoms with E-state index in [0.717, 1.165) is 5.56 Å². The first-order valence-corrected chi connectivity index (χ1v) is 10.1. The van der Waals surface area contributed by atoms with Crippen molar-refractivity contribution in [1.82, 2.24) is 20.0 Å². The van der Waals surface area contributed by atoms with Gasteiger partial charge >= 0.3 is 0 Å². The van der Waals surface area contributed by atoms with Crippen LogP contribution in [0.2, 0.25) is 0 Å². The molecule has 4 aromatic rings. The molecule has 0 spiro atoms. The second-order valence-corrected chi connectivity index (χ2v) is 7.17. The molecule has 10 heteroatoms. The summed E-state index contributed by atoms with van der Waals surface area (Å²) in [4.78, 5) is 29.5. The molecule has 170 valence electrons. The molecule has 0 saturated carbocycles. The van der Waals surface area contributed by atoms with Gasteiger partial charge in [-0.15, -0.1) is 0 Å². The molecule has 0 aliphatic rings. The number of carbonyl (C=O) groups is 1. The Labute approximate surface area is 187 Å². The third-order valence-electron chi connectivity index (χ3n) is 5.10. The number of rotatable bonds is 8. The summed E-state index contributed by atoms with van der Waals surface area (Å²) in [7, 11) is 3.10. The van der Waals surface area contributed by atoms with Crippen molar-refractivity contribution in [3.8, 4) is 22.8 Å². The number of benzene rings is 2. The molecule has 4 rings (SSSR count). The van der Waals surface area contributed by atoms with Crippen LogP contribution >= 0.6 is 0 Å². The van der Waals surface area contributed by atoms with E-state index in [1.54, 1.807) is 38.5 Å². The highest BCUT2D eigenvalue weighted by Crippen LogP contribution is 2.25. The van der Waals surface area contributed by atoms with Crippen LogP contribution in [0.1, 0.15) is 12.0 Å². The fraction of sp³-hybridized carbons (Fsp3) is 0.217. The molecule has 2 aromatic heterocycles. The van der Waals surface area contributed by atoms with Crippen LogP contribution < -0.4 is 20.3 Å². The number of hydrogen-bond donors (Lipinski definition) is 1. The number of nitrogens with one attached hydrogen (secondary N) is 1. The SMILES string of the molecule is COc1ccc(OC)c(CNC(=O)CCn2cnc3onc(-c4cccc(F)c4)c3c2=O)c1. The van der Waals surface area contributed by atoms with Crippen LogP contribution in [0.3, 0.4) is 0 Å². The number of halogens is 1. The predicted molar refractivity (Wildman–Crippen MR) is 117 cm³/mol. The molecule has 0 radical (unpaired) electrons. The summed E-state index contributed by atoms with van der Waals surface area (Å²) in [6.07, 6.45) is 1.34. The van der Waals surface area contributed by atoms with Gasteiger partial charge in [0.25, 0.3) is 11.3 Å². The van der Waals surface area contributed by atoms with E-state index in [2.05, 4.69) is 15.5 Å². The number of nitrogens with zero attached hydrogens (tertiary/aromatic N) is 3. The van der Waals surface area contributed by atoms with E-state index in [4.69, 9.17) is 14.0 Å². The van der Waals surface area contributed by atoms with E-state index in [9.17, 15) is 14.0 Å². The smallest absolute Gasteiger partial charge is 0.266 e. The van der Waals surface area contributed by atoms with E-state index in [0.29, 0.717) is 17.1 Å². The Morgan fingerprint density at radius 3 is 2.79 bits per heavy atom. The zero-order valence-corrected chi connectivity index (χ0v) is 18.0. The van der Waals surface area contributed by atoms with E-state index in [1.165, 1.54) is 29.1 Å². The van der Waals surface area contributed by atoms with Gasteiger partial charge in [-0.2, -0.15) is 0 Å². The van der Waals surface area contributed by atoms with E-state index < -0.39 is 11.4 Å². The van der Waals surface area contributed by atoms with Gasteiger partial charge in [0.05, 0.1) is 14.2 Å². The summed E-state index contributed by atoms with van der Waals surface area (Å²) < 4.78 is 30.6. The standard InChI is InChI=1S/C23H21FN4O5/c1-31-17-6-7-18(32-2)15(11-17)12-25-19(29)8-9-28-13-26-22-20(23(28)30)21(27-33-22)14-4-3-5-16(24)10-14/h3-7,10-11,13H,8-9,12H2,1-2H3,(H,25,29). The van der Waals surface area contributed by atoms with Gasteiger partial charge in [0.2, 0.25) is 5.91 Å². The predicted octanol–water partition coefficient (Wildman–Crippen LogP) is 2.91. The van der Waals surface area contributed by atoms with Crippen LogP contribution in [0.15, 0.2) is 58.1 Å². The maximum Gasteiger partial charge on any atom is 0.266 e. The molecule has 0 fully saturated rings. The lowest BCUT2D eigenvalue weighted by molar-refractivity contribution is -0.121. The third-order valence-corrected chi connectivity index (χ3v) is 5.10. The number of amides is 1. The van der Waals surface area contributed by atoms with Gasteiger partial charge in [-0.3, -0.25) is 14.2 Å². The van der Waals surface area contributed by atoms with Gasteiger partial charge in [0.15, 0.2) is 0 Å². The zero-order chi connectivity index (χ0) is 23.4. The Hall–Kier alpha value is -4.21. The van der Waals surface area contributed by atoms with E-state index in [-0.39, 0.29) is 42.2 Å². The first-order chi connectivity index (χ1) is 16.0. The number of fused-ring (bicyclic) bond motifs is 1. The van der Waals surface area contributed by atoms with Crippen molar-refractivity contribution < 1.29 is 23.2 Å². The van der Waals surface area contributed by atoms with Crippen molar-refractivity contribution >= 4 is 17.0 Å². The van der Waals surface area contributed by atoms with Crippen LogP contribution in [0, 0.1) is 5.82 Å². The molecule has 0 aliphatic heterocycles. The topological polar surface area (TPSA) is 108 Å². The Kier molecular flexibility index (Phi) is 6.34. The molecule has 2 aromatic carbocycles. The van der Waals surface area contributed by atoms with Crippen molar-refractivity contribution in [2.24, 2.45) is 0 Å². The minimum absolute atomic E-state index is 0.0416. The minimum Gasteiger partial charge on any atom is -0.497 e. The molecule has 0 bridgehead atoms. The highest BCUT2D eigenvalue weighted by atomic mass is 19.1. The normalized spacial score (nSPS) is 10.9. The first kappa shape index (κ1) is 22.0. The Morgan fingerprint density at radius 2 is 2.03 bits per heavy atom. The zero-order valence-electron chi connectivity index (χ0n) is 18.0. The highest BCUT2D eigenvalue weighted by Gasteiger charge is 2.18. The van der Waals surface area contributed by atoms with Crippen LogP contribution in [0.4, 0.5) is 4.39 Å².